The van der Waals surface area contributed by atoms with Crippen molar-refractivity contribution in [3.8, 4) is 29.9 Å². The van der Waals surface area contributed by atoms with Gasteiger partial charge in [0.2, 0.25) is 0 Å². The number of hydrogen-bond acceptors (Lipinski definition) is 6. The van der Waals surface area contributed by atoms with Crippen LogP contribution in [0.5, 0.6) is 11.5 Å². The SMILES string of the molecule is C#CCN1C(=O)SC(=Cc2ccc(OCc3ccccc3C#N)c(OC)c2)C1=O. The Hall–Kier alpha value is -3.68. The molecule has 2 aromatic carbocycles. The molecule has 2 aromatic rings. The maximum Gasteiger partial charge on any atom is 0.294 e. The zero-order chi connectivity index (χ0) is 20.8. The number of imide groups is 1. The fourth-order valence-electron chi connectivity index (χ4n) is 2.68. The Kier molecular flexibility index (Phi) is 6.23. The lowest BCUT2D eigenvalue weighted by Crippen LogP contribution is -2.28. The molecule has 6 nitrogen and oxygen atoms in total. The molecule has 1 aliphatic heterocycles. The molecular weight excluding hydrogens is 388 g/mol. The van der Waals surface area contributed by atoms with E-state index in [0.29, 0.717) is 27.5 Å². The first-order valence-electron chi connectivity index (χ1n) is 8.55. The highest BCUT2D eigenvalue weighted by molar-refractivity contribution is 8.18. The summed E-state index contributed by atoms with van der Waals surface area (Å²) in [5.74, 6) is 2.86. The molecule has 0 spiro atoms. The maximum atomic E-state index is 12.3. The number of carbonyl (C=O) groups is 2. The third-order valence-corrected chi connectivity index (χ3v) is 5.04. The number of amides is 2. The minimum absolute atomic E-state index is 0.0533. The summed E-state index contributed by atoms with van der Waals surface area (Å²) in [7, 11) is 1.51. The zero-order valence-corrected chi connectivity index (χ0v) is 16.4. The third kappa shape index (κ3) is 4.43. The molecule has 0 aliphatic carbocycles. The summed E-state index contributed by atoms with van der Waals surface area (Å²) < 4.78 is 11.2. The second-order valence-corrected chi connectivity index (χ2v) is 6.93. The van der Waals surface area contributed by atoms with Crippen LogP contribution in [0.1, 0.15) is 16.7 Å². The summed E-state index contributed by atoms with van der Waals surface area (Å²) in [4.78, 5) is 25.5. The van der Waals surface area contributed by atoms with Crippen molar-refractivity contribution in [1.82, 2.24) is 4.90 Å². The van der Waals surface area contributed by atoms with Crippen LogP contribution in [0.4, 0.5) is 4.79 Å². The van der Waals surface area contributed by atoms with E-state index in [0.717, 1.165) is 22.2 Å². The van der Waals surface area contributed by atoms with E-state index in [1.807, 2.05) is 12.1 Å². The number of nitrogens with zero attached hydrogens (tertiary/aromatic N) is 2. The van der Waals surface area contributed by atoms with Gasteiger partial charge in [-0.3, -0.25) is 14.5 Å². The van der Waals surface area contributed by atoms with Crippen molar-refractivity contribution in [2.75, 3.05) is 13.7 Å². The number of ether oxygens (including phenoxy) is 2. The summed E-state index contributed by atoms with van der Waals surface area (Å²) in [5.41, 5.74) is 1.99. The topological polar surface area (TPSA) is 79.6 Å². The van der Waals surface area contributed by atoms with E-state index in [9.17, 15) is 14.9 Å². The molecule has 0 atom stereocenters. The van der Waals surface area contributed by atoms with Crippen LogP contribution in [0.15, 0.2) is 47.4 Å². The monoisotopic (exact) mass is 404 g/mol. The molecule has 0 unspecified atom stereocenters. The normalized spacial score (nSPS) is 14.6. The molecule has 0 bridgehead atoms. The second-order valence-electron chi connectivity index (χ2n) is 5.94. The van der Waals surface area contributed by atoms with Gasteiger partial charge in [-0.2, -0.15) is 5.26 Å². The number of terminal acetylenes is 1. The fraction of sp³-hybridized carbons (Fsp3) is 0.136. The number of methoxy groups -OCH3 is 1. The Morgan fingerprint density at radius 1 is 1.21 bits per heavy atom. The summed E-state index contributed by atoms with van der Waals surface area (Å²) in [5, 5.41) is 8.79. The Morgan fingerprint density at radius 2 is 2.00 bits per heavy atom. The molecule has 1 saturated heterocycles. The maximum absolute atomic E-state index is 12.3. The summed E-state index contributed by atoms with van der Waals surface area (Å²) in [6, 6.07) is 14.5. The number of rotatable bonds is 6. The first-order valence-corrected chi connectivity index (χ1v) is 9.36. The molecular formula is C22H16N2O4S. The quantitative estimate of drug-likeness (QED) is 0.538. The van der Waals surface area contributed by atoms with Gasteiger partial charge in [0.25, 0.3) is 11.1 Å². The van der Waals surface area contributed by atoms with Crippen molar-refractivity contribution in [3.05, 3.63) is 64.1 Å². The van der Waals surface area contributed by atoms with Gasteiger partial charge in [0.15, 0.2) is 11.5 Å². The van der Waals surface area contributed by atoms with Crippen LogP contribution >= 0.6 is 11.8 Å². The average molecular weight is 404 g/mol. The van der Waals surface area contributed by atoms with Crippen LogP contribution in [0, 0.1) is 23.7 Å². The molecule has 1 heterocycles. The van der Waals surface area contributed by atoms with Crippen molar-refractivity contribution < 1.29 is 19.1 Å². The Balaban J connectivity index is 1.79. The van der Waals surface area contributed by atoms with Crippen LogP contribution in [0.3, 0.4) is 0 Å². The number of benzene rings is 2. The van der Waals surface area contributed by atoms with Gasteiger partial charge in [0.1, 0.15) is 6.61 Å². The Labute approximate surface area is 172 Å². The van der Waals surface area contributed by atoms with E-state index in [-0.39, 0.29) is 18.4 Å². The van der Waals surface area contributed by atoms with E-state index in [1.54, 1.807) is 36.4 Å². The van der Waals surface area contributed by atoms with Gasteiger partial charge in [-0.05, 0) is 41.6 Å². The lowest BCUT2D eigenvalue weighted by Gasteiger charge is -2.12. The molecule has 144 valence electrons. The standard InChI is InChI=1S/C22H16N2O4S/c1-3-10-24-21(25)20(29-22(24)26)12-15-8-9-18(19(11-15)27-2)28-14-17-7-5-4-6-16(17)13-23/h1,4-9,11-12H,10,14H2,2H3. The van der Waals surface area contributed by atoms with Crippen molar-refractivity contribution in [2.24, 2.45) is 0 Å². The van der Waals surface area contributed by atoms with E-state index >= 15 is 0 Å². The van der Waals surface area contributed by atoms with Crippen LogP contribution in [0.25, 0.3) is 6.08 Å². The summed E-state index contributed by atoms with van der Waals surface area (Å²) >= 11 is 0.846. The first kappa shape index (κ1) is 20.1. The lowest BCUT2D eigenvalue weighted by molar-refractivity contribution is -0.122. The molecule has 29 heavy (non-hydrogen) atoms. The second kappa shape index (κ2) is 9.01. The number of hydrogen-bond donors (Lipinski definition) is 0. The minimum Gasteiger partial charge on any atom is -0.493 e. The smallest absolute Gasteiger partial charge is 0.294 e. The molecule has 0 aromatic heterocycles. The highest BCUT2D eigenvalue weighted by atomic mass is 32.2. The van der Waals surface area contributed by atoms with E-state index in [1.165, 1.54) is 7.11 Å². The number of thioether (sulfide) groups is 1. The van der Waals surface area contributed by atoms with Crippen LogP contribution < -0.4 is 9.47 Å². The molecule has 1 fully saturated rings. The van der Waals surface area contributed by atoms with E-state index < -0.39 is 5.91 Å². The molecule has 7 heteroatoms. The number of carbonyl (C=O) groups excluding carboxylic acids is 2. The Bertz CT molecular complexity index is 1080. The van der Waals surface area contributed by atoms with Gasteiger partial charge in [-0.1, -0.05) is 30.2 Å². The van der Waals surface area contributed by atoms with Crippen molar-refractivity contribution >= 4 is 29.0 Å². The van der Waals surface area contributed by atoms with E-state index in [2.05, 4.69) is 12.0 Å². The van der Waals surface area contributed by atoms with Crippen LogP contribution in [0.2, 0.25) is 0 Å². The van der Waals surface area contributed by atoms with Crippen LogP contribution in [-0.4, -0.2) is 29.7 Å². The highest BCUT2D eigenvalue weighted by Gasteiger charge is 2.34. The molecule has 0 radical (unpaired) electrons. The van der Waals surface area contributed by atoms with Crippen LogP contribution in [-0.2, 0) is 11.4 Å². The molecule has 0 saturated carbocycles. The highest BCUT2D eigenvalue weighted by Crippen LogP contribution is 2.34. The largest absolute Gasteiger partial charge is 0.493 e. The van der Waals surface area contributed by atoms with E-state index in [4.69, 9.17) is 15.9 Å². The lowest BCUT2D eigenvalue weighted by atomic mass is 10.1. The van der Waals surface area contributed by atoms with Crippen molar-refractivity contribution in [1.29, 1.82) is 5.26 Å². The summed E-state index contributed by atoms with van der Waals surface area (Å²) in [6.07, 6.45) is 6.81. The molecule has 0 N–H and O–H groups in total. The minimum atomic E-state index is -0.412. The van der Waals surface area contributed by atoms with Gasteiger partial charge in [-0.15, -0.1) is 6.42 Å². The molecule has 1 aliphatic rings. The fourth-order valence-corrected chi connectivity index (χ4v) is 3.52. The molecule has 3 rings (SSSR count). The third-order valence-electron chi connectivity index (χ3n) is 4.13. The predicted octanol–water partition coefficient (Wildman–Crippen LogP) is 3.82. The van der Waals surface area contributed by atoms with Crippen molar-refractivity contribution in [3.63, 3.8) is 0 Å². The predicted molar refractivity (Wildman–Crippen MR) is 110 cm³/mol. The number of nitriles is 1. The van der Waals surface area contributed by atoms with Gasteiger partial charge in [-0.25, -0.2) is 0 Å². The average Bonchev–Trinajstić information content (AvgIpc) is 3.00. The van der Waals surface area contributed by atoms with Gasteiger partial charge in [0, 0.05) is 5.56 Å². The van der Waals surface area contributed by atoms with Gasteiger partial charge >= 0.3 is 0 Å². The van der Waals surface area contributed by atoms with Gasteiger partial charge < -0.3 is 9.47 Å². The van der Waals surface area contributed by atoms with Crippen molar-refractivity contribution in [2.45, 2.75) is 6.61 Å². The zero-order valence-electron chi connectivity index (χ0n) is 15.5. The Morgan fingerprint density at radius 3 is 2.72 bits per heavy atom. The summed E-state index contributed by atoms with van der Waals surface area (Å²) in [6.45, 7) is 0.159. The van der Waals surface area contributed by atoms with Gasteiger partial charge in [0.05, 0.1) is 30.2 Å². The first-order chi connectivity index (χ1) is 14.1. The molecule has 2 amide bonds.